The number of rotatable bonds is 8. The van der Waals surface area contributed by atoms with Crippen molar-refractivity contribution in [3.05, 3.63) is 54.1 Å². The molecule has 2 aromatic carbocycles. The van der Waals surface area contributed by atoms with Crippen LogP contribution in [0.1, 0.15) is 30.1 Å². The molecule has 160 valence electrons. The van der Waals surface area contributed by atoms with Crippen LogP contribution in [0.5, 0.6) is 5.75 Å². The van der Waals surface area contributed by atoms with E-state index in [2.05, 4.69) is 15.6 Å². The van der Waals surface area contributed by atoms with E-state index in [0.29, 0.717) is 27.7 Å². The third kappa shape index (κ3) is 6.02. The van der Waals surface area contributed by atoms with Gasteiger partial charge in [-0.1, -0.05) is 23.9 Å². The molecule has 2 N–H and O–H groups in total. The van der Waals surface area contributed by atoms with Crippen molar-refractivity contribution in [3.8, 4) is 5.75 Å². The Morgan fingerprint density at radius 3 is 2.42 bits per heavy atom. The van der Waals surface area contributed by atoms with Crippen molar-refractivity contribution in [3.63, 3.8) is 0 Å². The number of carbonyl (C=O) groups excluding carboxylic acids is 4. The third-order valence-corrected chi connectivity index (χ3v) is 5.59. The van der Waals surface area contributed by atoms with Crippen molar-refractivity contribution in [2.45, 2.75) is 25.0 Å². The molecular formula is C22H21N3O5S. The molecule has 0 saturated heterocycles. The minimum absolute atomic E-state index is 0.0646. The van der Waals surface area contributed by atoms with E-state index < -0.39 is 11.2 Å². The predicted molar refractivity (Wildman–Crippen MR) is 120 cm³/mol. The molecule has 0 radical (unpaired) electrons. The number of amides is 3. The van der Waals surface area contributed by atoms with Crippen LogP contribution >= 0.6 is 11.8 Å². The van der Waals surface area contributed by atoms with Crippen LogP contribution in [0.3, 0.4) is 0 Å². The Hall–Kier alpha value is -3.46. The van der Waals surface area contributed by atoms with Gasteiger partial charge in [-0.25, -0.2) is 4.99 Å². The summed E-state index contributed by atoms with van der Waals surface area (Å²) in [5, 5.41) is 5.11. The van der Waals surface area contributed by atoms with Crippen LogP contribution in [0.15, 0.2) is 53.5 Å². The first kappa shape index (κ1) is 22.2. The quantitative estimate of drug-likeness (QED) is 0.610. The molecule has 0 fully saturated rings. The molecular weight excluding hydrogens is 418 g/mol. The molecule has 0 aromatic heterocycles. The largest absolute Gasteiger partial charge is 0.495 e. The summed E-state index contributed by atoms with van der Waals surface area (Å²) < 4.78 is 5.20. The smallest absolute Gasteiger partial charge is 0.260 e. The van der Waals surface area contributed by atoms with E-state index in [1.165, 1.54) is 14.0 Å². The summed E-state index contributed by atoms with van der Waals surface area (Å²) in [5.41, 5.74) is 1.60. The summed E-state index contributed by atoms with van der Waals surface area (Å²) in [6.07, 6.45) is -0.141. The van der Waals surface area contributed by atoms with E-state index >= 15 is 0 Å². The maximum Gasteiger partial charge on any atom is 0.260 e. The third-order valence-electron chi connectivity index (χ3n) is 4.43. The number of carbonyl (C=O) groups is 4. The summed E-state index contributed by atoms with van der Waals surface area (Å²) >= 11 is 1.12. The highest BCUT2D eigenvalue weighted by Gasteiger charge is 2.31. The first-order valence-corrected chi connectivity index (χ1v) is 10.4. The number of nitrogens with one attached hydrogen (secondary N) is 2. The number of hydrogen-bond donors (Lipinski definition) is 2. The summed E-state index contributed by atoms with van der Waals surface area (Å²) in [5.74, 6) is -0.660. The van der Waals surface area contributed by atoms with E-state index in [1.54, 1.807) is 48.5 Å². The molecule has 1 aliphatic heterocycles. The fourth-order valence-electron chi connectivity index (χ4n) is 2.89. The Balaban J connectivity index is 1.51. The topological polar surface area (TPSA) is 114 Å². The van der Waals surface area contributed by atoms with Gasteiger partial charge in [-0.3, -0.25) is 19.2 Å². The minimum atomic E-state index is -0.675. The van der Waals surface area contributed by atoms with Crippen molar-refractivity contribution in [2.75, 3.05) is 17.7 Å². The second kappa shape index (κ2) is 10.0. The lowest BCUT2D eigenvalue weighted by Gasteiger charge is -2.10. The van der Waals surface area contributed by atoms with Crippen LogP contribution in [-0.4, -0.2) is 40.9 Å². The molecule has 1 heterocycles. The predicted octanol–water partition coefficient (Wildman–Crippen LogP) is 3.30. The first-order chi connectivity index (χ1) is 14.9. The zero-order valence-electron chi connectivity index (χ0n) is 17.0. The van der Waals surface area contributed by atoms with Gasteiger partial charge >= 0.3 is 0 Å². The average Bonchev–Trinajstić information content (AvgIpc) is 3.06. The van der Waals surface area contributed by atoms with Crippen LogP contribution in [0, 0.1) is 0 Å². The lowest BCUT2D eigenvalue weighted by atomic mass is 10.1. The Morgan fingerprint density at radius 2 is 1.74 bits per heavy atom. The van der Waals surface area contributed by atoms with Gasteiger partial charge in [0, 0.05) is 17.7 Å². The van der Waals surface area contributed by atoms with E-state index in [9.17, 15) is 19.2 Å². The van der Waals surface area contributed by atoms with Crippen molar-refractivity contribution in [1.29, 1.82) is 0 Å². The summed E-state index contributed by atoms with van der Waals surface area (Å²) in [6.45, 7) is 1.46. The molecule has 0 unspecified atom stereocenters. The monoisotopic (exact) mass is 439 g/mol. The molecule has 9 heteroatoms. The number of benzene rings is 2. The first-order valence-electron chi connectivity index (χ1n) is 9.47. The molecule has 0 spiro atoms. The summed E-state index contributed by atoms with van der Waals surface area (Å²) in [6, 6.07) is 13.5. The van der Waals surface area contributed by atoms with E-state index in [1.807, 2.05) is 0 Å². The molecule has 2 aromatic rings. The van der Waals surface area contributed by atoms with Crippen LogP contribution < -0.4 is 15.4 Å². The van der Waals surface area contributed by atoms with Gasteiger partial charge in [0.1, 0.15) is 11.0 Å². The average molecular weight is 439 g/mol. The van der Waals surface area contributed by atoms with Gasteiger partial charge in [0.05, 0.1) is 24.3 Å². The highest BCUT2D eigenvalue weighted by Crippen LogP contribution is 2.28. The highest BCUT2D eigenvalue weighted by atomic mass is 32.2. The van der Waals surface area contributed by atoms with Gasteiger partial charge in [-0.15, -0.1) is 0 Å². The van der Waals surface area contributed by atoms with Gasteiger partial charge in [0.25, 0.3) is 5.91 Å². The SMILES string of the molecule is COc1ccccc1NC(=O)CC1=NC(=O)[C@@H](CC(=O)Nc2ccc(C(C)=O)cc2)S1. The number of ether oxygens (including phenoxy) is 1. The van der Waals surface area contributed by atoms with Crippen LogP contribution in [0.2, 0.25) is 0 Å². The fourth-order valence-corrected chi connectivity index (χ4v) is 3.97. The molecule has 0 saturated carbocycles. The molecule has 3 amide bonds. The molecule has 1 atom stereocenters. The number of nitrogens with zero attached hydrogens (tertiary/aromatic N) is 1. The highest BCUT2D eigenvalue weighted by molar-refractivity contribution is 8.15. The van der Waals surface area contributed by atoms with Crippen LogP contribution in [0.4, 0.5) is 11.4 Å². The lowest BCUT2D eigenvalue weighted by Crippen LogP contribution is -2.21. The van der Waals surface area contributed by atoms with Crippen molar-refractivity contribution in [2.24, 2.45) is 4.99 Å². The standard InChI is InChI=1S/C22H21N3O5S/c1-13(26)14-7-9-15(10-8-14)23-19(27)11-18-22(29)25-21(31-18)12-20(28)24-16-5-3-4-6-17(16)30-2/h3-10,18H,11-12H2,1-2H3,(H,23,27)(H,24,28)/t18-/m1/s1. The number of hydrogen-bond acceptors (Lipinski definition) is 6. The van der Waals surface area contributed by atoms with Gasteiger partial charge in [-0.05, 0) is 43.3 Å². The minimum Gasteiger partial charge on any atom is -0.495 e. The van der Waals surface area contributed by atoms with Gasteiger partial charge in [-0.2, -0.15) is 0 Å². The number of Topliss-reactive ketones (excluding diaryl/α,β-unsaturated/α-hetero) is 1. The van der Waals surface area contributed by atoms with Crippen molar-refractivity contribution in [1.82, 2.24) is 0 Å². The van der Waals surface area contributed by atoms with Crippen molar-refractivity contribution < 1.29 is 23.9 Å². The molecule has 0 aliphatic carbocycles. The Labute approximate surface area is 183 Å². The number of aliphatic imine (C=N–C) groups is 1. The number of ketones is 1. The lowest BCUT2D eigenvalue weighted by molar-refractivity contribution is -0.121. The number of anilines is 2. The number of para-hydroxylation sites is 2. The second-order valence-corrected chi connectivity index (χ2v) is 8.04. The van der Waals surface area contributed by atoms with Crippen LogP contribution in [0.25, 0.3) is 0 Å². The van der Waals surface area contributed by atoms with E-state index in [-0.39, 0.29) is 30.4 Å². The maximum atomic E-state index is 12.3. The van der Waals surface area contributed by atoms with Crippen molar-refractivity contribution >= 4 is 51.7 Å². The van der Waals surface area contributed by atoms with Gasteiger partial charge < -0.3 is 15.4 Å². The molecule has 31 heavy (non-hydrogen) atoms. The number of methoxy groups -OCH3 is 1. The Bertz CT molecular complexity index is 1050. The Morgan fingerprint density at radius 1 is 1.03 bits per heavy atom. The molecule has 1 aliphatic rings. The Kier molecular flexibility index (Phi) is 7.19. The maximum absolute atomic E-state index is 12.3. The van der Waals surface area contributed by atoms with E-state index in [4.69, 9.17) is 4.74 Å². The zero-order valence-corrected chi connectivity index (χ0v) is 17.8. The summed E-state index contributed by atoms with van der Waals surface area (Å²) in [7, 11) is 1.51. The van der Waals surface area contributed by atoms with E-state index in [0.717, 1.165) is 11.8 Å². The van der Waals surface area contributed by atoms with Gasteiger partial charge in [0.15, 0.2) is 5.78 Å². The molecule has 3 rings (SSSR count). The second-order valence-electron chi connectivity index (χ2n) is 6.76. The molecule has 0 bridgehead atoms. The normalized spacial score (nSPS) is 15.2. The summed E-state index contributed by atoms with van der Waals surface area (Å²) in [4.78, 5) is 52.0. The number of thioether (sulfide) groups is 1. The van der Waals surface area contributed by atoms with Crippen LogP contribution in [-0.2, 0) is 14.4 Å². The zero-order chi connectivity index (χ0) is 22.4. The van der Waals surface area contributed by atoms with Gasteiger partial charge in [0.2, 0.25) is 11.8 Å². The fraction of sp³-hybridized carbons (Fsp3) is 0.227. The molecule has 8 nitrogen and oxygen atoms in total.